The summed E-state index contributed by atoms with van der Waals surface area (Å²) in [6.45, 7) is 3.06. The fraction of sp³-hybridized carbons (Fsp3) is 0.381. The number of thioether (sulfide) groups is 1. The fourth-order valence-electron chi connectivity index (χ4n) is 3.05. The lowest BCUT2D eigenvalue weighted by atomic mass is 10.2. The number of sulfone groups is 1. The summed E-state index contributed by atoms with van der Waals surface area (Å²) in [6.07, 6.45) is 1.34. The molecule has 2 aromatic rings. The van der Waals surface area contributed by atoms with Crippen LogP contribution in [0.5, 0.6) is 5.75 Å². The predicted octanol–water partition coefficient (Wildman–Crippen LogP) is 3.47. The van der Waals surface area contributed by atoms with Crippen molar-refractivity contribution in [2.75, 3.05) is 24.7 Å². The van der Waals surface area contributed by atoms with E-state index in [1.54, 1.807) is 6.07 Å². The standard InChI is InChI=1S/C21H25NO4S2/c1-16-6-4-7-17(14-16)26-12-5-11-22-21(23)19-8-2-3-9-20(19)27-18-10-13-28(24,25)15-18/h2-4,6-9,14,18H,5,10-13,15H2,1H3,(H,22,23). The average Bonchev–Trinajstić information content (AvgIpc) is 3.00. The topological polar surface area (TPSA) is 72.5 Å². The van der Waals surface area contributed by atoms with Crippen molar-refractivity contribution < 1.29 is 17.9 Å². The fourth-order valence-corrected chi connectivity index (χ4v) is 6.68. The highest BCUT2D eigenvalue weighted by Crippen LogP contribution is 2.33. The van der Waals surface area contributed by atoms with Gasteiger partial charge in [-0.2, -0.15) is 0 Å². The van der Waals surface area contributed by atoms with E-state index in [9.17, 15) is 13.2 Å². The molecule has 1 atom stereocenters. The summed E-state index contributed by atoms with van der Waals surface area (Å²) >= 11 is 1.49. The molecule has 1 unspecified atom stereocenters. The highest BCUT2D eigenvalue weighted by molar-refractivity contribution is 8.02. The maximum atomic E-state index is 12.6. The first kappa shape index (κ1) is 20.7. The zero-order chi connectivity index (χ0) is 20.0. The smallest absolute Gasteiger partial charge is 0.252 e. The molecule has 28 heavy (non-hydrogen) atoms. The molecule has 1 saturated heterocycles. The first-order valence-corrected chi connectivity index (χ1v) is 12.1. The van der Waals surface area contributed by atoms with Crippen molar-refractivity contribution >= 4 is 27.5 Å². The molecule has 1 heterocycles. The van der Waals surface area contributed by atoms with Crippen molar-refractivity contribution in [3.05, 3.63) is 59.7 Å². The zero-order valence-corrected chi connectivity index (χ0v) is 17.5. The normalized spacial score (nSPS) is 18.0. The maximum Gasteiger partial charge on any atom is 0.252 e. The van der Waals surface area contributed by atoms with Crippen LogP contribution in [0, 0.1) is 6.92 Å². The first-order valence-electron chi connectivity index (χ1n) is 9.37. The molecule has 0 radical (unpaired) electrons. The number of benzene rings is 2. The Labute approximate surface area is 170 Å². The molecule has 7 heteroatoms. The summed E-state index contributed by atoms with van der Waals surface area (Å²) in [7, 11) is -2.93. The third-order valence-electron chi connectivity index (χ3n) is 4.48. The molecule has 1 aliphatic heterocycles. The van der Waals surface area contributed by atoms with Gasteiger partial charge in [-0.05, 0) is 49.6 Å². The monoisotopic (exact) mass is 419 g/mol. The van der Waals surface area contributed by atoms with Crippen molar-refractivity contribution in [3.8, 4) is 5.75 Å². The van der Waals surface area contributed by atoms with Crippen molar-refractivity contribution in [1.82, 2.24) is 5.32 Å². The van der Waals surface area contributed by atoms with Crippen LogP contribution < -0.4 is 10.1 Å². The van der Waals surface area contributed by atoms with E-state index < -0.39 is 9.84 Å². The molecular weight excluding hydrogens is 394 g/mol. The third kappa shape index (κ3) is 6.01. The van der Waals surface area contributed by atoms with Crippen LogP contribution in [0.2, 0.25) is 0 Å². The SMILES string of the molecule is Cc1cccc(OCCCNC(=O)c2ccccc2SC2CCS(=O)(=O)C2)c1. The van der Waals surface area contributed by atoms with Crippen LogP contribution in [-0.4, -0.2) is 44.2 Å². The Morgan fingerprint density at radius 2 is 2.04 bits per heavy atom. The Morgan fingerprint density at radius 1 is 1.21 bits per heavy atom. The number of aryl methyl sites for hydroxylation is 1. The van der Waals surface area contributed by atoms with E-state index in [4.69, 9.17) is 4.74 Å². The van der Waals surface area contributed by atoms with Crippen LogP contribution in [0.25, 0.3) is 0 Å². The number of carbonyl (C=O) groups excluding carboxylic acids is 1. The van der Waals surface area contributed by atoms with Crippen LogP contribution in [0.4, 0.5) is 0 Å². The van der Waals surface area contributed by atoms with E-state index in [0.717, 1.165) is 16.2 Å². The van der Waals surface area contributed by atoms with Gasteiger partial charge in [0.1, 0.15) is 5.75 Å². The van der Waals surface area contributed by atoms with Crippen LogP contribution in [0.15, 0.2) is 53.4 Å². The quantitative estimate of drug-likeness (QED) is 0.664. The zero-order valence-electron chi connectivity index (χ0n) is 15.9. The molecule has 0 saturated carbocycles. The molecule has 2 aromatic carbocycles. The van der Waals surface area contributed by atoms with E-state index in [1.807, 2.05) is 49.4 Å². The number of hydrogen-bond acceptors (Lipinski definition) is 5. The summed E-state index contributed by atoms with van der Waals surface area (Å²) in [6, 6.07) is 15.2. The minimum atomic E-state index is -2.93. The van der Waals surface area contributed by atoms with Gasteiger partial charge in [0.25, 0.3) is 5.91 Å². The second-order valence-electron chi connectivity index (χ2n) is 6.91. The number of rotatable bonds is 8. The number of nitrogens with one attached hydrogen (secondary N) is 1. The van der Waals surface area contributed by atoms with Crippen LogP contribution in [-0.2, 0) is 9.84 Å². The molecular formula is C21H25NO4S2. The van der Waals surface area contributed by atoms with Gasteiger partial charge in [0.05, 0.1) is 23.7 Å². The number of carbonyl (C=O) groups is 1. The van der Waals surface area contributed by atoms with Crippen molar-refractivity contribution in [3.63, 3.8) is 0 Å². The first-order chi connectivity index (χ1) is 13.4. The lowest BCUT2D eigenvalue weighted by Gasteiger charge is -2.13. The van der Waals surface area contributed by atoms with Gasteiger partial charge in [-0.1, -0.05) is 24.3 Å². The van der Waals surface area contributed by atoms with E-state index in [2.05, 4.69) is 5.32 Å². The Kier molecular flexibility index (Phi) is 7.02. The number of ether oxygens (including phenoxy) is 1. The molecule has 5 nitrogen and oxygen atoms in total. The summed E-state index contributed by atoms with van der Waals surface area (Å²) in [5.74, 6) is 1.11. The van der Waals surface area contributed by atoms with Gasteiger partial charge >= 0.3 is 0 Å². The lowest BCUT2D eigenvalue weighted by molar-refractivity contribution is 0.0948. The Hall–Kier alpha value is -1.99. The van der Waals surface area contributed by atoms with Gasteiger partial charge in [-0.3, -0.25) is 4.79 Å². The van der Waals surface area contributed by atoms with Gasteiger partial charge in [0, 0.05) is 16.7 Å². The molecule has 1 aliphatic rings. The lowest BCUT2D eigenvalue weighted by Crippen LogP contribution is -2.26. The molecule has 0 aliphatic carbocycles. The molecule has 0 spiro atoms. The van der Waals surface area contributed by atoms with Gasteiger partial charge in [0.15, 0.2) is 9.84 Å². The average molecular weight is 420 g/mol. The van der Waals surface area contributed by atoms with Gasteiger partial charge < -0.3 is 10.1 Å². The summed E-state index contributed by atoms with van der Waals surface area (Å²) in [4.78, 5) is 13.4. The predicted molar refractivity (Wildman–Crippen MR) is 113 cm³/mol. The highest BCUT2D eigenvalue weighted by Gasteiger charge is 2.29. The summed E-state index contributed by atoms with van der Waals surface area (Å²) < 4.78 is 29.0. The Balaban J connectivity index is 1.48. The summed E-state index contributed by atoms with van der Waals surface area (Å²) in [5, 5.41) is 2.94. The third-order valence-corrected chi connectivity index (χ3v) is 7.81. The Bertz CT molecular complexity index is 928. The number of hydrogen-bond donors (Lipinski definition) is 1. The molecule has 0 aromatic heterocycles. The highest BCUT2D eigenvalue weighted by atomic mass is 32.2. The van der Waals surface area contributed by atoms with E-state index in [1.165, 1.54) is 11.8 Å². The van der Waals surface area contributed by atoms with Crippen molar-refractivity contribution in [1.29, 1.82) is 0 Å². The van der Waals surface area contributed by atoms with Gasteiger partial charge in [-0.15, -0.1) is 11.8 Å². The molecule has 1 N–H and O–H groups in total. The van der Waals surface area contributed by atoms with Gasteiger partial charge in [-0.25, -0.2) is 8.42 Å². The van der Waals surface area contributed by atoms with Crippen LogP contribution in [0.3, 0.4) is 0 Å². The molecule has 150 valence electrons. The van der Waals surface area contributed by atoms with E-state index >= 15 is 0 Å². The molecule has 3 rings (SSSR count). The maximum absolute atomic E-state index is 12.6. The van der Waals surface area contributed by atoms with E-state index in [0.29, 0.717) is 31.6 Å². The van der Waals surface area contributed by atoms with Crippen molar-refractivity contribution in [2.24, 2.45) is 0 Å². The molecule has 1 fully saturated rings. The van der Waals surface area contributed by atoms with Gasteiger partial charge in [0.2, 0.25) is 0 Å². The molecule has 1 amide bonds. The van der Waals surface area contributed by atoms with Crippen LogP contribution >= 0.6 is 11.8 Å². The second-order valence-corrected chi connectivity index (χ2v) is 10.5. The van der Waals surface area contributed by atoms with Crippen LogP contribution in [0.1, 0.15) is 28.8 Å². The number of amides is 1. The molecule has 0 bridgehead atoms. The largest absolute Gasteiger partial charge is 0.494 e. The minimum absolute atomic E-state index is 0.0154. The van der Waals surface area contributed by atoms with E-state index in [-0.39, 0.29) is 22.7 Å². The van der Waals surface area contributed by atoms with Crippen molar-refractivity contribution in [2.45, 2.75) is 29.9 Å². The second kappa shape index (κ2) is 9.47. The Morgan fingerprint density at radius 3 is 2.79 bits per heavy atom. The summed E-state index contributed by atoms with van der Waals surface area (Å²) in [5.41, 5.74) is 1.74. The minimum Gasteiger partial charge on any atom is -0.494 e.